The normalized spacial score (nSPS) is 13.9. The van der Waals surface area contributed by atoms with Crippen molar-refractivity contribution in [2.45, 2.75) is 19.4 Å². The SMILES string of the molecule is CCS(=O)(=O)N(C)C(CCO)c1ccccc1. The lowest BCUT2D eigenvalue weighted by Crippen LogP contribution is -2.33. The first-order valence-electron chi connectivity index (χ1n) is 5.64. The summed E-state index contributed by atoms with van der Waals surface area (Å²) >= 11 is 0. The van der Waals surface area contributed by atoms with Crippen molar-refractivity contribution < 1.29 is 13.5 Å². The number of hydrogen-bond donors (Lipinski definition) is 1. The second-order valence-corrected chi connectivity index (χ2v) is 6.17. The Kier molecular flexibility index (Phi) is 5.11. The summed E-state index contributed by atoms with van der Waals surface area (Å²) in [4.78, 5) is 0. The number of hydrogen-bond acceptors (Lipinski definition) is 3. The van der Waals surface area contributed by atoms with Crippen LogP contribution in [0.25, 0.3) is 0 Å². The molecule has 0 aromatic heterocycles. The van der Waals surface area contributed by atoms with Crippen molar-refractivity contribution in [3.05, 3.63) is 35.9 Å². The van der Waals surface area contributed by atoms with E-state index in [4.69, 9.17) is 5.11 Å². The molecule has 1 aromatic rings. The van der Waals surface area contributed by atoms with Gasteiger partial charge in [0.2, 0.25) is 10.0 Å². The molecule has 0 fully saturated rings. The van der Waals surface area contributed by atoms with Gasteiger partial charge in [-0.1, -0.05) is 30.3 Å². The van der Waals surface area contributed by atoms with Gasteiger partial charge >= 0.3 is 0 Å². The van der Waals surface area contributed by atoms with Gasteiger partial charge in [-0.15, -0.1) is 0 Å². The van der Waals surface area contributed by atoms with Crippen molar-refractivity contribution in [2.24, 2.45) is 0 Å². The molecule has 4 nitrogen and oxygen atoms in total. The van der Waals surface area contributed by atoms with Crippen LogP contribution in [0.4, 0.5) is 0 Å². The number of aliphatic hydroxyl groups is 1. The zero-order chi connectivity index (χ0) is 12.9. The summed E-state index contributed by atoms with van der Waals surface area (Å²) in [6.45, 7) is 1.58. The third-order valence-electron chi connectivity index (χ3n) is 2.83. The van der Waals surface area contributed by atoms with Gasteiger partial charge in [-0.2, -0.15) is 4.31 Å². The molecule has 0 aliphatic carbocycles. The van der Waals surface area contributed by atoms with E-state index in [0.29, 0.717) is 6.42 Å². The van der Waals surface area contributed by atoms with E-state index in [1.165, 1.54) is 4.31 Å². The standard InChI is InChI=1S/C12H19NO3S/c1-3-17(15,16)13(2)12(9-10-14)11-7-5-4-6-8-11/h4-8,12,14H,3,9-10H2,1-2H3. The van der Waals surface area contributed by atoms with Gasteiger partial charge in [-0.25, -0.2) is 8.42 Å². The fourth-order valence-corrected chi connectivity index (χ4v) is 2.78. The Balaban J connectivity index is 3.02. The maximum atomic E-state index is 11.8. The minimum atomic E-state index is -3.25. The van der Waals surface area contributed by atoms with Crippen LogP contribution >= 0.6 is 0 Å². The van der Waals surface area contributed by atoms with E-state index in [-0.39, 0.29) is 18.4 Å². The molecular weight excluding hydrogens is 238 g/mol. The van der Waals surface area contributed by atoms with E-state index in [2.05, 4.69) is 0 Å². The molecule has 1 atom stereocenters. The first-order chi connectivity index (χ1) is 8.03. The fourth-order valence-electron chi connectivity index (χ4n) is 1.75. The van der Waals surface area contributed by atoms with Crippen LogP contribution in [-0.2, 0) is 10.0 Å². The lowest BCUT2D eigenvalue weighted by molar-refractivity contribution is 0.240. The van der Waals surface area contributed by atoms with E-state index >= 15 is 0 Å². The highest BCUT2D eigenvalue weighted by Gasteiger charge is 2.25. The first kappa shape index (κ1) is 14.2. The van der Waals surface area contributed by atoms with Crippen LogP contribution in [0.15, 0.2) is 30.3 Å². The van der Waals surface area contributed by atoms with Crippen LogP contribution in [0.1, 0.15) is 24.9 Å². The van der Waals surface area contributed by atoms with Crippen molar-refractivity contribution in [3.63, 3.8) is 0 Å². The highest BCUT2D eigenvalue weighted by Crippen LogP contribution is 2.25. The first-order valence-corrected chi connectivity index (χ1v) is 7.25. The third-order valence-corrected chi connectivity index (χ3v) is 4.69. The van der Waals surface area contributed by atoms with Crippen molar-refractivity contribution in [3.8, 4) is 0 Å². The average Bonchev–Trinajstić information content (AvgIpc) is 2.36. The summed E-state index contributed by atoms with van der Waals surface area (Å²) in [7, 11) is -1.68. The van der Waals surface area contributed by atoms with Gasteiger partial charge in [0.1, 0.15) is 0 Å². The average molecular weight is 257 g/mol. The molecule has 0 radical (unpaired) electrons. The molecule has 1 aromatic carbocycles. The van der Waals surface area contributed by atoms with Crippen LogP contribution in [0.3, 0.4) is 0 Å². The molecule has 96 valence electrons. The lowest BCUT2D eigenvalue weighted by atomic mass is 10.0. The Hall–Kier alpha value is -0.910. The van der Waals surface area contributed by atoms with Crippen molar-refractivity contribution in [1.82, 2.24) is 4.31 Å². The third kappa shape index (κ3) is 3.52. The molecule has 17 heavy (non-hydrogen) atoms. The number of aliphatic hydroxyl groups excluding tert-OH is 1. The quantitative estimate of drug-likeness (QED) is 0.838. The second kappa shape index (κ2) is 6.14. The van der Waals surface area contributed by atoms with Crippen LogP contribution in [-0.4, -0.2) is 37.2 Å². The molecule has 5 heteroatoms. The molecule has 0 saturated heterocycles. The maximum absolute atomic E-state index is 11.8. The molecule has 0 amide bonds. The largest absolute Gasteiger partial charge is 0.396 e. The molecule has 0 spiro atoms. The Morgan fingerprint density at radius 3 is 2.35 bits per heavy atom. The van der Waals surface area contributed by atoms with Gasteiger partial charge in [-0.3, -0.25) is 0 Å². The Bertz CT molecular complexity index is 430. The molecule has 0 bridgehead atoms. The van der Waals surface area contributed by atoms with Crippen LogP contribution < -0.4 is 0 Å². The van der Waals surface area contributed by atoms with Gasteiger partial charge in [0.05, 0.1) is 11.8 Å². The molecule has 0 saturated carbocycles. The highest BCUT2D eigenvalue weighted by molar-refractivity contribution is 7.89. The van der Waals surface area contributed by atoms with E-state index in [1.807, 2.05) is 30.3 Å². The smallest absolute Gasteiger partial charge is 0.214 e. The summed E-state index contributed by atoms with van der Waals surface area (Å²) in [6.07, 6.45) is 0.403. The molecule has 0 aliphatic heterocycles. The summed E-state index contributed by atoms with van der Waals surface area (Å²) in [5.41, 5.74) is 0.904. The number of benzene rings is 1. The predicted molar refractivity (Wildman–Crippen MR) is 68.1 cm³/mol. The molecule has 0 heterocycles. The van der Waals surface area contributed by atoms with Gasteiger partial charge in [0.25, 0.3) is 0 Å². The highest BCUT2D eigenvalue weighted by atomic mass is 32.2. The molecule has 1 N–H and O–H groups in total. The van der Waals surface area contributed by atoms with Gasteiger partial charge < -0.3 is 5.11 Å². The summed E-state index contributed by atoms with van der Waals surface area (Å²) < 4.78 is 25.0. The van der Waals surface area contributed by atoms with Gasteiger partial charge in [0.15, 0.2) is 0 Å². The maximum Gasteiger partial charge on any atom is 0.214 e. The van der Waals surface area contributed by atoms with E-state index < -0.39 is 10.0 Å². The summed E-state index contributed by atoms with van der Waals surface area (Å²) in [5.74, 6) is 0.0677. The van der Waals surface area contributed by atoms with Crippen molar-refractivity contribution in [1.29, 1.82) is 0 Å². The van der Waals surface area contributed by atoms with Gasteiger partial charge in [0, 0.05) is 13.7 Å². The van der Waals surface area contributed by atoms with Gasteiger partial charge in [-0.05, 0) is 18.9 Å². The zero-order valence-electron chi connectivity index (χ0n) is 10.2. The predicted octanol–water partition coefficient (Wildman–Crippen LogP) is 1.39. The lowest BCUT2D eigenvalue weighted by Gasteiger charge is -2.27. The summed E-state index contributed by atoms with van der Waals surface area (Å²) in [5, 5.41) is 9.06. The number of sulfonamides is 1. The molecule has 1 rings (SSSR count). The molecule has 0 aliphatic rings. The topological polar surface area (TPSA) is 57.6 Å². The van der Waals surface area contributed by atoms with E-state index in [1.54, 1.807) is 14.0 Å². The Morgan fingerprint density at radius 1 is 1.29 bits per heavy atom. The van der Waals surface area contributed by atoms with E-state index in [0.717, 1.165) is 5.56 Å². The van der Waals surface area contributed by atoms with Crippen LogP contribution in [0.2, 0.25) is 0 Å². The van der Waals surface area contributed by atoms with Crippen molar-refractivity contribution in [2.75, 3.05) is 19.4 Å². The fraction of sp³-hybridized carbons (Fsp3) is 0.500. The Morgan fingerprint density at radius 2 is 1.88 bits per heavy atom. The van der Waals surface area contributed by atoms with Crippen molar-refractivity contribution >= 4 is 10.0 Å². The zero-order valence-corrected chi connectivity index (χ0v) is 11.0. The number of nitrogens with zero attached hydrogens (tertiary/aromatic N) is 1. The second-order valence-electron chi connectivity index (χ2n) is 3.86. The summed E-state index contributed by atoms with van der Waals surface area (Å²) in [6, 6.07) is 9.07. The molecule has 1 unspecified atom stereocenters. The van der Waals surface area contributed by atoms with Crippen LogP contribution in [0, 0.1) is 0 Å². The van der Waals surface area contributed by atoms with Crippen LogP contribution in [0.5, 0.6) is 0 Å². The monoisotopic (exact) mass is 257 g/mol. The molecular formula is C12H19NO3S. The minimum Gasteiger partial charge on any atom is -0.396 e. The van der Waals surface area contributed by atoms with E-state index in [9.17, 15) is 8.42 Å². The minimum absolute atomic E-state index is 0.0386. The Labute approximate surface area is 103 Å². The number of rotatable bonds is 6.